The smallest absolute Gasteiger partial charge is 0.192 e. The van der Waals surface area contributed by atoms with Crippen LogP contribution in [-0.4, -0.2) is 50.5 Å². The van der Waals surface area contributed by atoms with Gasteiger partial charge in [-0.2, -0.15) is 5.10 Å². The lowest BCUT2D eigenvalue weighted by Gasteiger charge is -2.43. The maximum atomic E-state index is 6.95. The van der Waals surface area contributed by atoms with Crippen LogP contribution in [0.2, 0.25) is 18.1 Å². The second kappa shape index (κ2) is 8.79. The number of anilines is 2. The van der Waals surface area contributed by atoms with Crippen LogP contribution in [0.25, 0.3) is 0 Å². The summed E-state index contributed by atoms with van der Waals surface area (Å²) in [5.41, 5.74) is 5.31. The van der Waals surface area contributed by atoms with Crippen LogP contribution in [-0.2, 0) is 28.5 Å². The van der Waals surface area contributed by atoms with Gasteiger partial charge in [-0.1, -0.05) is 36.7 Å². The highest BCUT2D eigenvalue weighted by molar-refractivity contribution is 9.10. The van der Waals surface area contributed by atoms with Crippen molar-refractivity contribution in [1.29, 1.82) is 0 Å². The number of nitrogens with zero attached hydrogens (tertiary/aromatic N) is 3. The fraction of sp³-hybridized carbons (Fsp3) is 0.640. The first-order valence-electron chi connectivity index (χ1n) is 12.3. The van der Waals surface area contributed by atoms with Crippen molar-refractivity contribution in [2.45, 2.75) is 76.9 Å². The zero-order chi connectivity index (χ0) is 23.4. The number of benzene rings is 1. The Balaban J connectivity index is 1.55. The first-order valence-corrected chi connectivity index (χ1v) is 16.0. The number of aromatic nitrogens is 2. The summed E-state index contributed by atoms with van der Waals surface area (Å²) in [5.74, 6) is 1.09. The largest absolute Gasteiger partial charge is 0.412 e. The highest BCUT2D eigenvalue weighted by Crippen LogP contribution is 2.42. The van der Waals surface area contributed by atoms with Crippen molar-refractivity contribution in [3.63, 3.8) is 0 Å². The third-order valence-corrected chi connectivity index (χ3v) is 12.9. The molecular formula is C25H37BrN4O2Si. The van der Waals surface area contributed by atoms with Gasteiger partial charge in [0.25, 0.3) is 0 Å². The molecule has 8 heteroatoms. The predicted molar refractivity (Wildman–Crippen MR) is 139 cm³/mol. The summed E-state index contributed by atoms with van der Waals surface area (Å²) in [4.78, 5) is 2.43. The van der Waals surface area contributed by atoms with E-state index in [0.717, 1.165) is 62.4 Å². The summed E-state index contributed by atoms with van der Waals surface area (Å²) in [6, 6.07) is 6.99. The van der Waals surface area contributed by atoms with Gasteiger partial charge < -0.3 is 19.4 Å². The molecule has 3 aliphatic heterocycles. The number of hydrogen-bond acceptors (Lipinski definition) is 5. The molecule has 2 atom stereocenters. The van der Waals surface area contributed by atoms with E-state index in [1.807, 2.05) is 0 Å². The third-order valence-electron chi connectivity index (χ3n) is 7.88. The van der Waals surface area contributed by atoms with Gasteiger partial charge in [-0.25, -0.2) is 0 Å². The molecule has 1 aromatic carbocycles. The van der Waals surface area contributed by atoms with Gasteiger partial charge in [0.15, 0.2) is 14.1 Å². The topological polar surface area (TPSA) is 51.5 Å². The minimum absolute atomic E-state index is 0.153. The van der Waals surface area contributed by atoms with Crippen LogP contribution < -0.4 is 10.2 Å². The van der Waals surface area contributed by atoms with Crippen LogP contribution in [0.15, 0.2) is 22.7 Å². The average Bonchev–Trinajstić information content (AvgIpc) is 3.40. The van der Waals surface area contributed by atoms with Gasteiger partial charge in [-0.3, -0.25) is 4.68 Å². The summed E-state index contributed by atoms with van der Waals surface area (Å²) in [7, 11) is -1.90. The first-order chi connectivity index (χ1) is 15.6. The van der Waals surface area contributed by atoms with Crippen LogP contribution in [0.5, 0.6) is 0 Å². The second-order valence-corrected chi connectivity index (χ2v) is 16.9. The number of ether oxygens (including phenoxy) is 1. The van der Waals surface area contributed by atoms with Crippen LogP contribution >= 0.6 is 15.9 Å². The zero-order valence-corrected chi connectivity index (χ0v) is 23.2. The molecule has 5 rings (SSSR count). The van der Waals surface area contributed by atoms with Gasteiger partial charge in [0, 0.05) is 54.0 Å². The summed E-state index contributed by atoms with van der Waals surface area (Å²) in [6.07, 6.45) is 3.15. The van der Waals surface area contributed by atoms with Crippen LogP contribution in [0.3, 0.4) is 0 Å². The van der Waals surface area contributed by atoms with Crippen LogP contribution in [0.1, 0.15) is 50.1 Å². The molecular weight excluding hydrogens is 496 g/mol. The van der Waals surface area contributed by atoms with Gasteiger partial charge in [-0.05, 0) is 48.3 Å². The highest BCUT2D eigenvalue weighted by atomic mass is 79.9. The monoisotopic (exact) mass is 532 g/mol. The highest BCUT2D eigenvalue weighted by Gasteiger charge is 2.41. The Labute approximate surface area is 207 Å². The fourth-order valence-electron chi connectivity index (χ4n) is 5.06. The molecule has 0 amide bonds. The van der Waals surface area contributed by atoms with Crippen molar-refractivity contribution in [2.75, 3.05) is 31.2 Å². The molecule has 0 spiro atoms. The predicted octanol–water partition coefficient (Wildman–Crippen LogP) is 5.34. The Morgan fingerprint density at radius 3 is 2.82 bits per heavy atom. The Bertz CT molecular complexity index is 1030. The SMILES string of the molecule is CC(C)(C)[Si](C)(C)OC1Cc2cc(Br)ccc2N(c2nn([C@H]3CCOC3)c3c2CNCC3)C1. The molecule has 6 nitrogen and oxygen atoms in total. The summed E-state index contributed by atoms with van der Waals surface area (Å²) >= 11 is 3.69. The van der Waals surface area contributed by atoms with E-state index in [9.17, 15) is 0 Å². The summed E-state index contributed by atoms with van der Waals surface area (Å²) in [6.45, 7) is 16.0. The molecule has 3 aliphatic rings. The van der Waals surface area contributed by atoms with E-state index in [2.05, 4.69) is 82.9 Å². The molecule has 180 valence electrons. The van der Waals surface area contributed by atoms with Gasteiger partial charge in [-0.15, -0.1) is 0 Å². The average molecular weight is 534 g/mol. The van der Waals surface area contributed by atoms with Crippen molar-refractivity contribution in [1.82, 2.24) is 15.1 Å². The molecule has 0 radical (unpaired) electrons. The van der Waals surface area contributed by atoms with E-state index in [1.54, 1.807) is 0 Å². The molecule has 2 aromatic rings. The van der Waals surface area contributed by atoms with Crippen molar-refractivity contribution in [3.05, 3.63) is 39.5 Å². The quantitative estimate of drug-likeness (QED) is 0.538. The lowest BCUT2D eigenvalue weighted by Crippen LogP contribution is -2.49. The standard InChI is InChI=1S/C25H37BrN4O2Si/c1-25(2,3)33(4,5)32-20-13-17-12-18(26)6-7-22(17)29(15-20)24-21-14-27-10-8-23(21)30(28-24)19-9-11-31-16-19/h6-7,12,19-20,27H,8-11,13-16H2,1-5H3/t19-,20?/m0/s1. The molecule has 4 heterocycles. The molecule has 1 fully saturated rings. The molecule has 0 bridgehead atoms. The maximum absolute atomic E-state index is 6.95. The van der Waals surface area contributed by atoms with Gasteiger partial charge in [0.1, 0.15) is 0 Å². The van der Waals surface area contributed by atoms with E-state index in [-0.39, 0.29) is 11.1 Å². The molecule has 0 saturated carbocycles. The summed E-state index contributed by atoms with van der Waals surface area (Å²) in [5, 5.41) is 9.03. The van der Waals surface area contributed by atoms with Crippen LogP contribution in [0, 0.1) is 0 Å². The van der Waals surface area contributed by atoms with E-state index in [1.165, 1.54) is 22.5 Å². The molecule has 33 heavy (non-hydrogen) atoms. The van der Waals surface area contributed by atoms with E-state index < -0.39 is 8.32 Å². The van der Waals surface area contributed by atoms with Gasteiger partial charge >= 0.3 is 0 Å². The number of hydrogen-bond donors (Lipinski definition) is 1. The lowest BCUT2D eigenvalue weighted by molar-refractivity contribution is 0.182. The lowest BCUT2D eigenvalue weighted by atomic mass is 9.98. The Morgan fingerprint density at radius 1 is 1.27 bits per heavy atom. The number of fused-ring (bicyclic) bond motifs is 2. The number of halogens is 1. The minimum atomic E-state index is -1.90. The van der Waals surface area contributed by atoms with Crippen LogP contribution in [0.4, 0.5) is 11.5 Å². The normalized spacial score (nSPS) is 23.5. The first kappa shape index (κ1) is 23.5. The van der Waals surface area contributed by atoms with E-state index in [0.29, 0.717) is 6.04 Å². The Morgan fingerprint density at radius 2 is 2.09 bits per heavy atom. The Hall–Kier alpha value is -1.19. The number of nitrogens with one attached hydrogen (secondary N) is 1. The number of rotatable bonds is 4. The fourth-order valence-corrected chi connectivity index (χ4v) is 6.81. The van der Waals surface area contributed by atoms with Crippen molar-refractivity contribution < 1.29 is 9.16 Å². The maximum Gasteiger partial charge on any atom is 0.192 e. The minimum Gasteiger partial charge on any atom is -0.412 e. The third kappa shape index (κ3) is 4.45. The molecule has 1 unspecified atom stereocenters. The zero-order valence-electron chi connectivity index (χ0n) is 20.6. The molecule has 1 aromatic heterocycles. The van der Waals surface area contributed by atoms with Gasteiger partial charge in [0.2, 0.25) is 0 Å². The van der Waals surface area contributed by atoms with E-state index in [4.69, 9.17) is 14.3 Å². The Kier molecular flexibility index (Phi) is 6.27. The second-order valence-electron chi connectivity index (χ2n) is 11.2. The molecule has 1 N–H and O–H groups in total. The van der Waals surface area contributed by atoms with Crippen molar-refractivity contribution in [3.8, 4) is 0 Å². The summed E-state index contributed by atoms with van der Waals surface area (Å²) < 4.78 is 16.1. The van der Waals surface area contributed by atoms with Crippen molar-refractivity contribution in [2.24, 2.45) is 0 Å². The van der Waals surface area contributed by atoms with E-state index >= 15 is 0 Å². The molecule has 1 saturated heterocycles. The molecule has 0 aliphatic carbocycles. The van der Waals surface area contributed by atoms with Crippen molar-refractivity contribution >= 4 is 35.8 Å². The van der Waals surface area contributed by atoms with Gasteiger partial charge in [0.05, 0.1) is 25.3 Å².